The van der Waals surface area contributed by atoms with Gasteiger partial charge in [0.25, 0.3) is 5.56 Å². The zero-order valence-corrected chi connectivity index (χ0v) is 8.58. The molecule has 0 atom stereocenters. The van der Waals surface area contributed by atoms with Crippen LogP contribution >= 0.6 is 0 Å². The molecule has 2 aromatic rings. The van der Waals surface area contributed by atoms with Gasteiger partial charge in [0, 0.05) is 6.07 Å². The van der Waals surface area contributed by atoms with E-state index in [0.717, 1.165) is 6.07 Å². The monoisotopic (exact) mass is 220 g/mol. The van der Waals surface area contributed by atoms with Gasteiger partial charge in [-0.1, -0.05) is 6.92 Å². The normalized spacial score (nSPS) is 10.6. The van der Waals surface area contributed by atoms with Crippen molar-refractivity contribution in [1.82, 2.24) is 9.97 Å². The lowest BCUT2D eigenvalue weighted by Crippen LogP contribution is -2.14. The lowest BCUT2D eigenvalue weighted by molar-refractivity contribution is 0.112. The van der Waals surface area contributed by atoms with E-state index in [1.165, 1.54) is 6.07 Å². The fourth-order valence-electron chi connectivity index (χ4n) is 1.49. The van der Waals surface area contributed by atoms with Crippen LogP contribution in [0, 0.1) is 5.82 Å². The van der Waals surface area contributed by atoms with Crippen molar-refractivity contribution < 1.29 is 9.18 Å². The van der Waals surface area contributed by atoms with Crippen molar-refractivity contribution in [3.8, 4) is 0 Å². The highest BCUT2D eigenvalue weighted by Gasteiger charge is 2.07. The second-order valence-electron chi connectivity index (χ2n) is 3.37. The Hall–Kier alpha value is -2.04. The van der Waals surface area contributed by atoms with E-state index in [0.29, 0.717) is 29.4 Å². The molecule has 0 aliphatic carbocycles. The molecule has 82 valence electrons. The molecule has 16 heavy (non-hydrogen) atoms. The lowest BCUT2D eigenvalue weighted by atomic mass is 10.2. The van der Waals surface area contributed by atoms with Gasteiger partial charge in [0.1, 0.15) is 11.5 Å². The van der Waals surface area contributed by atoms with E-state index in [4.69, 9.17) is 0 Å². The van der Waals surface area contributed by atoms with Gasteiger partial charge in [-0.25, -0.2) is 9.37 Å². The number of aromatic amines is 1. The van der Waals surface area contributed by atoms with Crippen molar-refractivity contribution in [1.29, 1.82) is 0 Å². The number of benzene rings is 1. The van der Waals surface area contributed by atoms with Crippen LogP contribution in [0.3, 0.4) is 0 Å². The van der Waals surface area contributed by atoms with Gasteiger partial charge in [0.05, 0.1) is 16.6 Å². The van der Waals surface area contributed by atoms with Gasteiger partial charge in [-0.3, -0.25) is 9.59 Å². The third-order valence-electron chi connectivity index (χ3n) is 2.34. The number of nitrogens with one attached hydrogen (secondary N) is 1. The highest BCUT2D eigenvalue weighted by atomic mass is 19.1. The van der Waals surface area contributed by atoms with Crippen LogP contribution in [0.1, 0.15) is 23.0 Å². The second-order valence-corrected chi connectivity index (χ2v) is 3.37. The topological polar surface area (TPSA) is 62.8 Å². The number of H-pyrrole nitrogens is 1. The van der Waals surface area contributed by atoms with Crippen LogP contribution in [0.2, 0.25) is 0 Å². The number of carbonyl (C=O) groups is 1. The Kier molecular flexibility index (Phi) is 2.52. The summed E-state index contributed by atoms with van der Waals surface area (Å²) in [6, 6.07) is 2.43. The zero-order valence-electron chi connectivity index (χ0n) is 8.58. The van der Waals surface area contributed by atoms with Crippen molar-refractivity contribution in [2.24, 2.45) is 0 Å². The number of rotatable bonds is 2. The Morgan fingerprint density at radius 3 is 2.88 bits per heavy atom. The molecule has 1 aromatic carbocycles. The van der Waals surface area contributed by atoms with Gasteiger partial charge < -0.3 is 4.98 Å². The van der Waals surface area contributed by atoms with Gasteiger partial charge in [0.15, 0.2) is 6.29 Å². The van der Waals surface area contributed by atoms with E-state index in [1.807, 2.05) is 0 Å². The van der Waals surface area contributed by atoms with E-state index in [2.05, 4.69) is 9.97 Å². The molecule has 0 amide bonds. The number of aromatic nitrogens is 2. The minimum atomic E-state index is -0.635. The molecule has 5 heteroatoms. The summed E-state index contributed by atoms with van der Waals surface area (Å²) < 4.78 is 13.3. The number of nitrogens with zero attached hydrogens (tertiary/aromatic N) is 1. The molecule has 1 heterocycles. The summed E-state index contributed by atoms with van der Waals surface area (Å²) in [6.45, 7) is 1.79. The summed E-state index contributed by atoms with van der Waals surface area (Å²) in [6.07, 6.45) is 0.878. The summed E-state index contributed by atoms with van der Waals surface area (Å²) in [4.78, 5) is 28.6. The van der Waals surface area contributed by atoms with Crippen LogP contribution in [0.5, 0.6) is 0 Å². The highest BCUT2D eigenvalue weighted by Crippen LogP contribution is 2.13. The molecule has 0 aliphatic rings. The molecule has 0 saturated heterocycles. The number of aryl methyl sites for hydroxylation is 1. The number of aldehydes is 1. The molecule has 1 N–H and O–H groups in total. The Labute approximate surface area is 90.1 Å². The molecule has 0 aliphatic heterocycles. The average Bonchev–Trinajstić information content (AvgIpc) is 2.28. The molecule has 1 aromatic heterocycles. The van der Waals surface area contributed by atoms with Crippen molar-refractivity contribution >= 4 is 17.3 Å². The van der Waals surface area contributed by atoms with Crippen molar-refractivity contribution in [3.63, 3.8) is 0 Å². The molecule has 0 saturated carbocycles. The Morgan fingerprint density at radius 1 is 1.50 bits per heavy atom. The summed E-state index contributed by atoms with van der Waals surface area (Å²) in [5, 5.41) is 0. The second kappa shape index (κ2) is 3.84. The average molecular weight is 220 g/mol. The van der Waals surface area contributed by atoms with Crippen LogP contribution in [0.15, 0.2) is 16.9 Å². The number of halogens is 1. The minimum absolute atomic E-state index is 0.0887. The first kappa shape index (κ1) is 10.5. The Morgan fingerprint density at radius 2 is 2.25 bits per heavy atom. The molecule has 2 rings (SSSR count). The van der Waals surface area contributed by atoms with Gasteiger partial charge >= 0.3 is 0 Å². The van der Waals surface area contributed by atoms with E-state index < -0.39 is 5.82 Å². The first-order valence-corrected chi connectivity index (χ1v) is 4.83. The van der Waals surface area contributed by atoms with Gasteiger partial charge in [0.2, 0.25) is 0 Å². The van der Waals surface area contributed by atoms with Crippen molar-refractivity contribution in [2.45, 2.75) is 13.3 Å². The maximum Gasteiger partial charge on any atom is 0.270 e. The van der Waals surface area contributed by atoms with Gasteiger partial charge in [-0.05, 0) is 12.5 Å². The molecule has 0 radical (unpaired) electrons. The summed E-state index contributed by atoms with van der Waals surface area (Å²) in [5.74, 6) is -0.635. The lowest BCUT2D eigenvalue weighted by Gasteiger charge is -2.01. The number of hydrogen-bond donors (Lipinski definition) is 1. The molecular weight excluding hydrogens is 211 g/mol. The van der Waals surface area contributed by atoms with Crippen LogP contribution in [0.25, 0.3) is 11.0 Å². The molecular formula is C11H9FN2O2. The fourth-order valence-corrected chi connectivity index (χ4v) is 1.49. The molecule has 0 bridgehead atoms. The number of carbonyl (C=O) groups excluding carboxylic acids is 1. The van der Waals surface area contributed by atoms with E-state index >= 15 is 0 Å². The fraction of sp³-hybridized carbons (Fsp3) is 0.182. The predicted octanol–water partition coefficient (Wildman–Crippen LogP) is 1.44. The Balaban J connectivity index is 2.81. The highest BCUT2D eigenvalue weighted by molar-refractivity contribution is 5.84. The smallest absolute Gasteiger partial charge is 0.270 e. The molecule has 0 unspecified atom stereocenters. The number of fused-ring (bicyclic) bond motifs is 1. The maximum atomic E-state index is 13.3. The quantitative estimate of drug-likeness (QED) is 0.779. The van der Waals surface area contributed by atoms with E-state index in [9.17, 15) is 14.0 Å². The van der Waals surface area contributed by atoms with Crippen molar-refractivity contribution in [3.05, 3.63) is 39.6 Å². The van der Waals surface area contributed by atoms with Crippen LogP contribution in [-0.4, -0.2) is 16.3 Å². The van der Waals surface area contributed by atoms with E-state index in [1.54, 1.807) is 6.92 Å². The third-order valence-corrected chi connectivity index (χ3v) is 2.34. The minimum Gasteiger partial charge on any atom is -0.319 e. The molecule has 4 nitrogen and oxygen atoms in total. The van der Waals surface area contributed by atoms with Crippen LogP contribution in [-0.2, 0) is 6.42 Å². The van der Waals surface area contributed by atoms with Crippen LogP contribution in [0.4, 0.5) is 4.39 Å². The SMILES string of the molecule is CCc1nc2cc(F)c(C=O)cc2[nH]c1=O. The summed E-state index contributed by atoms with van der Waals surface area (Å²) in [5.41, 5.74) is 0.670. The standard InChI is InChI=1S/C11H9FN2O2/c1-2-8-11(16)14-9-3-6(5-15)7(12)4-10(9)13-8/h3-5H,2H2,1H3,(H,14,16). The maximum absolute atomic E-state index is 13.3. The number of hydrogen-bond acceptors (Lipinski definition) is 3. The largest absolute Gasteiger partial charge is 0.319 e. The third kappa shape index (κ3) is 1.60. The summed E-state index contributed by atoms with van der Waals surface area (Å²) in [7, 11) is 0. The van der Waals surface area contributed by atoms with Gasteiger partial charge in [-0.15, -0.1) is 0 Å². The summed E-state index contributed by atoms with van der Waals surface area (Å²) >= 11 is 0. The van der Waals surface area contributed by atoms with Gasteiger partial charge in [-0.2, -0.15) is 0 Å². The first-order chi connectivity index (χ1) is 7.65. The zero-order chi connectivity index (χ0) is 11.7. The molecule has 0 fully saturated rings. The van der Waals surface area contributed by atoms with E-state index in [-0.39, 0.29) is 11.1 Å². The van der Waals surface area contributed by atoms with Crippen LogP contribution < -0.4 is 5.56 Å². The molecule has 0 spiro atoms. The first-order valence-electron chi connectivity index (χ1n) is 4.83. The Bertz CT molecular complexity index is 619. The van der Waals surface area contributed by atoms with Crippen molar-refractivity contribution in [2.75, 3.05) is 0 Å². The predicted molar refractivity (Wildman–Crippen MR) is 57.1 cm³/mol.